The number of hydrogen-bond donors (Lipinski definition) is 2. The number of anilines is 5. The zero-order valence-electron chi connectivity index (χ0n) is 84.0. The van der Waals surface area contributed by atoms with E-state index in [0.717, 1.165) is 176 Å². The van der Waals surface area contributed by atoms with E-state index in [4.69, 9.17) is 56.4 Å². The first kappa shape index (κ1) is 108. The molecule has 32 nitrogen and oxygen atoms in total. The van der Waals surface area contributed by atoms with Crippen molar-refractivity contribution in [3.05, 3.63) is 158 Å². The van der Waals surface area contributed by atoms with Gasteiger partial charge in [0.05, 0.1) is 11.4 Å². The van der Waals surface area contributed by atoms with Crippen LogP contribution in [0.4, 0.5) is 47.6 Å². The number of nitriles is 1. The molecular weight excluding hydrogens is 1890 g/mol. The van der Waals surface area contributed by atoms with Crippen molar-refractivity contribution < 1.29 is 81.6 Å². The number of nitrogens with zero attached hydrogens (tertiary/aromatic N) is 15. The molecule has 140 heavy (non-hydrogen) atoms. The van der Waals surface area contributed by atoms with E-state index in [0.29, 0.717) is 91.1 Å². The molecule has 9 amide bonds. The Hall–Kier alpha value is -12.7. The first-order valence-electron chi connectivity index (χ1n) is 48.0. The SMILES string of the molecule is C#Cc1cccc2c1CCN2C(=O)[C@@H]1CCCN1C(=O)OC(C)(C)C.C/C(Cl)=N/O.C/C=N/O.CC(C)(C)OC(=O)N1CCC[C@H]1C(=O)N1CCc2c(Br)cccc21.CC(C)(C)OC(=O)N1CCC[C@H]1C(=O)N1CCc2c(C#C[Si](C)(C)C)cccc21.Cc1nocc1-c1cccc2c1CCN2C(=O)[C@@H]1CCCN1C#N.Cc1nocc1-c1cccc2c1CCN2C(=O)[C@@H]1CCCN1C(=O)OC(C)(C)C. The lowest BCUT2D eigenvalue weighted by Gasteiger charge is -2.30. The zero-order chi connectivity index (χ0) is 102. The van der Waals surface area contributed by atoms with Crippen molar-refractivity contribution in [3.63, 3.8) is 0 Å². The second-order valence-corrected chi connectivity index (χ2v) is 46.8. The van der Waals surface area contributed by atoms with Gasteiger partial charge in [-0.3, -0.25) is 48.5 Å². The van der Waals surface area contributed by atoms with Gasteiger partial charge in [-0.1, -0.05) is 117 Å². The molecule has 5 fully saturated rings. The van der Waals surface area contributed by atoms with Crippen LogP contribution in [0.25, 0.3) is 22.3 Å². The Morgan fingerprint density at radius 3 is 1.05 bits per heavy atom. The average Bonchev–Trinajstić information content (AvgIpc) is 1.65. The summed E-state index contributed by atoms with van der Waals surface area (Å²) < 4.78 is 33.2. The number of benzene rings is 5. The number of amides is 9. The highest BCUT2D eigenvalue weighted by molar-refractivity contribution is 9.10. The van der Waals surface area contributed by atoms with Crippen LogP contribution in [0.3, 0.4) is 0 Å². The maximum atomic E-state index is 13.4. The van der Waals surface area contributed by atoms with Gasteiger partial charge in [-0.15, -0.1) is 17.1 Å². The molecule has 0 unspecified atom stereocenters. The lowest BCUT2D eigenvalue weighted by Crippen LogP contribution is -2.48. The van der Waals surface area contributed by atoms with Crippen molar-refractivity contribution in [1.29, 1.82) is 5.26 Å². The van der Waals surface area contributed by atoms with E-state index in [1.807, 2.05) is 208 Å². The molecule has 17 rings (SSSR count). The molecule has 748 valence electrons. The van der Waals surface area contributed by atoms with Gasteiger partial charge >= 0.3 is 24.4 Å². The van der Waals surface area contributed by atoms with E-state index in [1.165, 1.54) is 13.1 Å². The number of rotatable bonds is 7. The summed E-state index contributed by atoms with van der Waals surface area (Å²) in [5.41, 5.74) is 19.0. The van der Waals surface area contributed by atoms with Gasteiger partial charge in [-0.2, -0.15) is 5.26 Å². The van der Waals surface area contributed by atoms with Crippen LogP contribution in [0.1, 0.15) is 211 Å². The predicted molar refractivity (Wildman–Crippen MR) is 545 cm³/mol. The van der Waals surface area contributed by atoms with Gasteiger partial charge < -0.3 is 62.9 Å². The molecule has 0 bridgehead atoms. The second-order valence-electron chi connectivity index (χ2n) is 40.7. The number of fused-ring (bicyclic) bond motifs is 5. The summed E-state index contributed by atoms with van der Waals surface area (Å²) >= 11 is 8.52. The standard InChI is InChI=1S/C23H32N2O3Si.C22H27N3O4.C20H24N2O3.C18H23BrN2O3.C18H18N4O2.C2H4ClNO.C2H5NO/c1-23(2,3)28-22(27)25-14-8-11-20(25)21(26)24-15-12-18-17(9-7-10-19(18)24)13-16-29(4,5)6;1-14-17(13-28-23-14)15-7-5-8-18-16(15)10-12-24(18)20(26)19-9-6-11-25(19)21(27)29-22(2,3)4;1-5-14-8-6-9-16-15(14)11-13-21(16)18(23)17-10-7-12-22(17)19(24)25-20(2,3)4;1-18(2,3)24-17(23)21-10-5-8-15(21)16(22)20-11-9-12-13(19)6-4-7-14(12)20;1-12-15(10-24-20-12)13-4-2-5-16-14(13)7-9-22(16)18(23)17-6-3-8-21(17)11-19;1-2(3)4-5;1-2-3-4/h7,9-10,20H,8,11-12,14-15H2,1-6H3;5,7-8,13,19H,6,9-12H2,1-4H3;1,6,8-9,17H,7,10-13H2,2-4H3;4,6-7,15H,5,8-11H2,1-3H3;2,4-5,10,17H,3,6-9H2,1H3;5H,1H3;2,4H,1H3/b;;;;;4-2-;3-2+/t20-;19-;17-;15-;17-;;/m00000../s1. The van der Waals surface area contributed by atoms with Crippen LogP contribution in [0.5, 0.6) is 0 Å². The normalized spacial score (nSPS) is 18.8. The number of ether oxygens (including phenoxy) is 4. The summed E-state index contributed by atoms with van der Waals surface area (Å²) in [6, 6.07) is 27.4. The third-order valence-electron chi connectivity index (χ3n) is 24.8. The number of hydrogen-bond acceptors (Lipinski definition) is 23. The van der Waals surface area contributed by atoms with Crippen molar-refractivity contribution in [3.8, 4) is 52.3 Å². The number of aromatic nitrogens is 2. The van der Waals surface area contributed by atoms with Gasteiger partial charge in [-0.25, -0.2) is 19.2 Å². The highest BCUT2D eigenvalue weighted by atomic mass is 79.9. The largest absolute Gasteiger partial charge is 0.444 e. The maximum absolute atomic E-state index is 13.4. The first-order chi connectivity index (χ1) is 66.2. The van der Waals surface area contributed by atoms with Crippen molar-refractivity contribution in [1.82, 2.24) is 34.8 Å². The van der Waals surface area contributed by atoms with Gasteiger partial charge in [0, 0.05) is 127 Å². The lowest BCUT2D eigenvalue weighted by molar-refractivity contribution is -0.123. The Labute approximate surface area is 836 Å². The number of halogens is 2. The Balaban J connectivity index is 0.000000164. The summed E-state index contributed by atoms with van der Waals surface area (Å²) in [4.78, 5) is 133. The van der Waals surface area contributed by atoms with Crippen molar-refractivity contribution in [2.75, 3.05) is 89.9 Å². The molecule has 2 N–H and O–H groups in total. The minimum Gasteiger partial charge on any atom is -0.444 e. The Morgan fingerprint density at radius 1 is 0.457 bits per heavy atom. The van der Waals surface area contributed by atoms with Crippen LogP contribution in [0.2, 0.25) is 19.6 Å². The molecule has 10 aliphatic heterocycles. The second kappa shape index (κ2) is 46.6. The van der Waals surface area contributed by atoms with Crippen LogP contribution in [0, 0.1) is 49.1 Å². The van der Waals surface area contributed by atoms with Crippen LogP contribution in [0.15, 0.2) is 127 Å². The molecule has 5 saturated heterocycles. The predicted octanol–water partition coefficient (Wildman–Crippen LogP) is 18.8. The van der Waals surface area contributed by atoms with E-state index in [-0.39, 0.29) is 40.7 Å². The van der Waals surface area contributed by atoms with Gasteiger partial charge in [-0.05, 0) is 295 Å². The number of terminal acetylenes is 1. The van der Waals surface area contributed by atoms with Crippen LogP contribution in [-0.4, -0.2) is 237 Å². The molecule has 2 aromatic heterocycles. The Morgan fingerprint density at radius 2 is 0.743 bits per heavy atom. The van der Waals surface area contributed by atoms with E-state index in [2.05, 4.69) is 79.8 Å². The maximum Gasteiger partial charge on any atom is 0.410 e. The van der Waals surface area contributed by atoms with Gasteiger partial charge in [0.1, 0.15) is 78.4 Å². The summed E-state index contributed by atoms with van der Waals surface area (Å²) in [6.07, 6.45) is 22.3. The fraction of sp³-hybridized carbons (Fsp3) is 0.505. The highest BCUT2D eigenvalue weighted by Crippen LogP contribution is 2.44. The van der Waals surface area contributed by atoms with Crippen LogP contribution >= 0.6 is 27.5 Å². The van der Waals surface area contributed by atoms with Gasteiger partial charge in [0.2, 0.25) is 29.5 Å². The quantitative estimate of drug-likeness (QED) is 0.0285. The lowest BCUT2D eigenvalue weighted by atomic mass is 9.98. The topological polar surface area (TPSA) is 364 Å². The molecule has 12 heterocycles. The molecule has 0 spiro atoms. The summed E-state index contributed by atoms with van der Waals surface area (Å²) in [5.74, 6) is 5.98. The molecular formula is C105H133BrClN15O17Si. The number of oxime groups is 2. The summed E-state index contributed by atoms with van der Waals surface area (Å²) in [5, 5.41) is 37.5. The first-order valence-corrected chi connectivity index (χ1v) is 52.6. The monoisotopic (exact) mass is 2020 g/mol. The van der Waals surface area contributed by atoms with Gasteiger partial charge in [0.15, 0.2) is 6.19 Å². The number of aryl methyl sites for hydroxylation is 2. The van der Waals surface area contributed by atoms with E-state index in [1.54, 1.807) is 48.8 Å². The molecule has 10 aliphatic rings. The molecule has 0 saturated carbocycles. The minimum atomic E-state index is -1.47. The summed E-state index contributed by atoms with van der Waals surface area (Å²) in [6.45, 7) is 41.8. The fourth-order valence-corrected chi connectivity index (χ4v) is 19.7. The van der Waals surface area contributed by atoms with Crippen LogP contribution in [-0.2, 0) is 75.0 Å². The number of carbonyl (C=O) groups is 9. The molecule has 5 aromatic carbocycles. The fourth-order valence-electron chi connectivity index (χ4n) is 18.7. The van der Waals surface area contributed by atoms with E-state index < -0.39 is 79.0 Å². The van der Waals surface area contributed by atoms with Crippen molar-refractivity contribution in [2.45, 2.75) is 279 Å². The number of carbonyl (C=O) groups excluding carboxylic acids is 9. The Kier molecular flexibility index (Phi) is 35.8. The highest BCUT2D eigenvalue weighted by Gasteiger charge is 2.47. The number of likely N-dealkylation sites (tertiary alicyclic amines) is 5. The minimum absolute atomic E-state index is 0.00444. The third-order valence-corrected chi connectivity index (χ3v) is 26.5. The molecule has 0 aliphatic carbocycles. The molecule has 0 radical (unpaired) electrons. The van der Waals surface area contributed by atoms with Crippen LogP contribution < -0.4 is 24.5 Å². The molecule has 35 heteroatoms. The molecule has 7 aromatic rings. The smallest absolute Gasteiger partial charge is 0.410 e. The average molecular weight is 2020 g/mol. The Bertz CT molecular complexity index is 5910. The summed E-state index contributed by atoms with van der Waals surface area (Å²) in [7, 11) is -1.47. The van der Waals surface area contributed by atoms with Crippen molar-refractivity contribution >= 4 is 129 Å². The zero-order valence-corrected chi connectivity index (χ0v) is 87.4. The van der Waals surface area contributed by atoms with Gasteiger partial charge in [0.25, 0.3) is 0 Å². The molecule has 5 atom stereocenters. The van der Waals surface area contributed by atoms with E-state index in [9.17, 15) is 48.4 Å². The van der Waals surface area contributed by atoms with Crippen molar-refractivity contribution in [2.24, 2.45) is 10.3 Å². The van der Waals surface area contributed by atoms with E-state index >= 15 is 0 Å². The third kappa shape index (κ3) is 26.7.